The molecule has 154 valence electrons. The van der Waals surface area contributed by atoms with E-state index in [0.29, 0.717) is 0 Å². The van der Waals surface area contributed by atoms with Crippen LogP contribution in [0.5, 0.6) is 0 Å². The molecular formula is C18H24N2O6S2. The molecule has 1 rings (SSSR count). The quantitative estimate of drug-likeness (QED) is 0.501. The van der Waals surface area contributed by atoms with Gasteiger partial charge in [0.1, 0.15) is 0 Å². The minimum Gasteiger partial charge on any atom is -0.462 e. The number of rotatable bonds is 6. The first kappa shape index (κ1) is 23.8. The molecule has 0 unspecified atom stereocenters. The Labute approximate surface area is 172 Å². The Morgan fingerprint density at radius 1 is 0.750 bits per heavy atom. The molecular weight excluding hydrogens is 404 g/mol. The Morgan fingerprint density at radius 3 is 1.32 bits per heavy atom. The van der Waals surface area contributed by atoms with E-state index < -0.39 is 11.9 Å². The smallest absolute Gasteiger partial charge is 0.339 e. The van der Waals surface area contributed by atoms with Crippen molar-refractivity contribution in [3.05, 3.63) is 23.3 Å². The van der Waals surface area contributed by atoms with Crippen molar-refractivity contribution in [2.24, 2.45) is 0 Å². The summed E-state index contributed by atoms with van der Waals surface area (Å²) in [5.41, 5.74) is 0.202. The molecule has 10 heteroatoms. The van der Waals surface area contributed by atoms with Crippen LogP contribution in [0.2, 0.25) is 0 Å². The summed E-state index contributed by atoms with van der Waals surface area (Å²) in [6.45, 7) is 3.61. The molecule has 0 saturated carbocycles. The summed E-state index contributed by atoms with van der Waals surface area (Å²) in [6.07, 6.45) is 0. The standard InChI is InChI=1S/C18H24N2O6S2/c1-7-25-15(21)11-9-14(28-18(24)20(5)6)12(16(22)26-8-2)10-13(11)27-17(23)19(3)4/h9-10H,7-8H2,1-6H3. The van der Waals surface area contributed by atoms with Gasteiger partial charge in [-0.2, -0.15) is 0 Å². The number of ether oxygens (including phenoxy) is 2. The molecule has 1 aromatic rings. The zero-order chi connectivity index (χ0) is 21.4. The second-order valence-electron chi connectivity index (χ2n) is 5.81. The molecule has 0 heterocycles. The summed E-state index contributed by atoms with van der Waals surface area (Å²) in [4.78, 5) is 52.3. The van der Waals surface area contributed by atoms with E-state index >= 15 is 0 Å². The number of hydrogen-bond acceptors (Lipinski definition) is 8. The lowest BCUT2D eigenvalue weighted by Gasteiger charge is -2.16. The van der Waals surface area contributed by atoms with Gasteiger partial charge in [0.25, 0.3) is 10.5 Å². The minimum absolute atomic E-state index is 0.101. The van der Waals surface area contributed by atoms with Crippen molar-refractivity contribution in [3.63, 3.8) is 0 Å². The first-order valence-corrected chi connectivity index (χ1v) is 10.1. The number of amides is 2. The van der Waals surface area contributed by atoms with Gasteiger partial charge in [0.15, 0.2) is 0 Å². The number of esters is 2. The third-order valence-electron chi connectivity index (χ3n) is 3.20. The van der Waals surface area contributed by atoms with Crippen molar-refractivity contribution in [1.29, 1.82) is 0 Å². The zero-order valence-corrected chi connectivity index (χ0v) is 18.4. The number of nitrogens with zero attached hydrogens (tertiary/aromatic N) is 2. The van der Waals surface area contributed by atoms with Crippen LogP contribution in [-0.2, 0) is 9.47 Å². The number of carbonyl (C=O) groups excluding carboxylic acids is 4. The van der Waals surface area contributed by atoms with E-state index in [-0.39, 0.29) is 44.6 Å². The number of carbonyl (C=O) groups is 4. The summed E-state index contributed by atoms with van der Waals surface area (Å²) < 4.78 is 10.1. The van der Waals surface area contributed by atoms with Crippen LogP contribution in [0.15, 0.2) is 21.9 Å². The monoisotopic (exact) mass is 428 g/mol. The topological polar surface area (TPSA) is 93.2 Å². The van der Waals surface area contributed by atoms with Gasteiger partial charge in [-0.05, 0) is 49.5 Å². The van der Waals surface area contributed by atoms with Crippen LogP contribution in [-0.4, -0.2) is 73.6 Å². The summed E-state index contributed by atoms with van der Waals surface area (Å²) in [6, 6.07) is 2.78. The van der Waals surface area contributed by atoms with E-state index in [9.17, 15) is 19.2 Å². The van der Waals surface area contributed by atoms with Crippen LogP contribution < -0.4 is 0 Å². The lowest BCUT2D eigenvalue weighted by Crippen LogP contribution is -2.19. The minimum atomic E-state index is -0.647. The van der Waals surface area contributed by atoms with Gasteiger partial charge in [-0.1, -0.05) is 0 Å². The second kappa shape index (κ2) is 11.0. The first-order chi connectivity index (χ1) is 13.1. The van der Waals surface area contributed by atoms with Gasteiger partial charge in [-0.25, -0.2) is 9.59 Å². The summed E-state index contributed by atoms with van der Waals surface area (Å²) in [7, 11) is 6.30. The number of hydrogen-bond donors (Lipinski definition) is 0. The Balaban J connectivity index is 3.56. The largest absolute Gasteiger partial charge is 0.462 e. The highest BCUT2D eigenvalue weighted by Gasteiger charge is 2.25. The van der Waals surface area contributed by atoms with Crippen LogP contribution in [0.1, 0.15) is 34.6 Å². The SMILES string of the molecule is CCOC(=O)c1cc(SC(=O)N(C)C)c(C(=O)OCC)cc1SC(=O)N(C)C. The van der Waals surface area contributed by atoms with Crippen molar-refractivity contribution in [3.8, 4) is 0 Å². The third-order valence-corrected chi connectivity index (χ3v) is 5.39. The van der Waals surface area contributed by atoms with Crippen LogP contribution in [0.25, 0.3) is 0 Å². The number of thioether (sulfide) groups is 2. The summed E-state index contributed by atoms with van der Waals surface area (Å²) in [5, 5.41) is -0.657. The van der Waals surface area contributed by atoms with Gasteiger partial charge in [0, 0.05) is 38.0 Å². The van der Waals surface area contributed by atoms with Crippen LogP contribution >= 0.6 is 23.5 Å². The maximum Gasteiger partial charge on any atom is 0.339 e. The maximum atomic E-state index is 12.4. The van der Waals surface area contributed by atoms with E-state index in [1.54, 1.807) is 42.0 Å². The normalized spacial score (nSPS) is 10.2. The van der Waals surface area contributed by atoms with Gasteiger partial charge in [-0.15, -0.1) is 0 Å². The Morgan fingerprint density at radius 2 is 1.07 bits per heavy atom. The molecule has 0 N–H and O–H groups in total. The Hall–Kier alpha value is -2.20. The van der Waals surface area contributed by atoms with Crippen LogP contribution in [0, 0.1) is 0 Å². The lowest BCUT2D eigenvalue weighted by molar-refractivity contribution is 0.0505. The van der Waals surface area contributed by atoms with E-state index in [1.807, 2.05) is 0 Å². The molecule has 0 saturated heterocycles. The van der Waals surface area contributed by atoms with Crippen LogP contribution in [0.3, 0.4) is 0 Å². The van der Waals surface area contributed by atoms with Gasteiger partial charge >= 0.3 is 11.9 Å². The summed E-state index contributed by atoms with van der Waals surface area (Å²) >= 11 is 1.58. The molecule has 0 bridgehead atoms. The lowest BCUT2D eigenvalue weighted by atomic mass is 10.1. The number of benzene rings is 1. The fourth-order valence-corrected chi connectivity index (χ4v) is 3.44. The van der Waals surface area contributed by atoms with E-state index in [2.05, 4.69) is 0 Å². The molecule has 2 amide bonds. The fourth-order valence-electron chi connectivity index (χ4n) is 1.84. The molecule has 0 atom stereocenters. The molecule has 0 aromatic heterocycles. The molecule has 0 aliphatic rings. The predicted molar refractivity (Wildman–Crippen MR) is 108 cm³/mol. The van der Waals surface area contributed by atoms with E-state index in [1.165, 1.54) is 21.9 Å². The highest BCUT2D eigenvalue weighted by molar-refractivity contribution is 8.14. The van der Waals surface area contributed by atoms with E-state index in [0.717, 1.165) is 23.5 Å². The Kier molecular flexibility index (Phi) is 9.33. The molecule has 8 nitrogen and oxygen atoms in total. The molecule has 0 fully saturated rings. The predicted octanol–water partition coefficient (Wildman–Crippen LogP) is 3.59. The van der Waals surface area contributed by atoms with Crippen molar-refractivity contribution < 1.29 is 28.7 Å². The van der Waals surface area contributed by atoms with Crippen molar-refractivity contribution in [1.82, 2.24) is 9.80 Å². The van der Waals surface area contributed by atoms with E-state index in [4.69, 9.17) is 9.47 Å². The van der Waals surface area contributed by atoms with Gasteiger partial charge in [-0.3, -0.25) is 9.59 Å². The van der Waals surface area contributed by atoms with Gasteiger partial charge in [0.2, 0.25) is 0 Å². The Bertz CT molecular complexity index is 701. The van der Waals surface area contributed by atoms with Gasteiger partial charge in [0.05, 0.1) is 24.3 Å². The highest BCUT2D eigenvalue weighted by atomic mass is 32.2. The first-order valence-electron chi connectivity index (χ1n) is 8.42. The molecule has 0 aliphatic carbocycles. The average Bonchev–Trinajstić information content (AvgIpc) is 2.62. The van der Waals surface area contributed by atoms with Crippen molar-refractivity contribution in [2.45, 2.75) is 23.6 Å². The molecule has 0 spiro atoms. The second-order valence-corrected chi connectivity index (χ2v) is 7.80. The molecule has 0 radical (unpaired) electrons. The highest BCUT2D eigenvalue weighted by Crippen LogP contribution is 2.34. The third kappa shape index (κ3) is 6.45. The van der Waals surface area contributed by atoms with Crippen molar-refractivity contribution >= 4 is 45.9 Å². The molecule has 28 heavy (non-hydrogen) atoms. The van der Waals surface area contributed by atoms with Gasteiger partial charge < -0.3 is 19.3 Å². The van der Waals surface area contributed by atoms with Crippen molar-refractivity contribution in [2.75, 3.05) is 41.4 Å². The summed E-state index contributed by atoms with van der Waals surface area (Å²) in [5.74, 6) is -1.29. The fraction of sp³-hybridized carbons (Fsp3) is 0.444. The van der Waals surface area contributed by atoms with Crippen LogP contribution in [0.4, 0.5) is 9.59 Å². The maximum absolute atomic E-state index is 12.4. The average molecular weight is 429 g/mol. The zero-order valence-electron chi connectivity index (χ0n) is 16.7. The molecule has 1 aromatic carbocycles. The molecule has 0 aliphatic heterocycles.